The molecule has 2 atom stereocenters. The van der Waals surface area contributed by atoms with Gasteiger partial charge in [-0.2, -0.15) is 0 Å². The Hall–Kier alpha value is -1.34. The average Bonchev–Trinajstić information content (AvgIpc) is 3.09. The zero-order valence-electron chi connectivity index (χ0n) is 19.3. The maximum Gasteiger partial charge on any atom is 0.263 e. The van der Waals surface area contributed by atoms with Crippen molar-refractivity contribution in [2.45, 2.75) is 77.9 Å². The second-order valence-electron chi connectivity index (χ2n) is 9.96. The molecule has 2 unspecified atom stereocenters. The van der Waals surface area contributed by atoms with Gasteiger partial charge in [0.05, 0.1) is 11.1 Å². The van der Waals surface area contributed by atoms with Crippen molar-refractivity contribution < 1.29 is 4.79 Å². The Bertz CT molecular complexity index is 1000. The normalized spacial score (nSPS) is 21.6. The number of thiophene rings is 1. The SMILES string of the molecule is CC(C)CCn1c(SCC(=O)N2CC(C)CC(C)C2)nc2sc3c(c2c1=O)CCCC3. The number of piperidine rings is 1. The molecule has 1 aliphatic carbocycles. The molecule has 0 radical (unpaired) electrons. The lowest BCUT2D eigenvalue weighted by Crippen LogP contribution is -2.43. The van der Waals surface area contributed by atoms with Crippen molar-refractivity contribution in [3.05, 3.63) is 20.8 Å². The smallest absolute Gasteiger partial charge is 0.263 e. The minimum atomic E-state index is 0.0974. The highest BCUT2D eigenvalue weighted by atomic mass is 32.2. The molecule has 0 bridgehead atoms. The molecule has 0 N–H and O–H groups in total. The summed E-state index contributed by atoms with van der Waals surface area (Å²) in [5, 5.41) is 1.56. The highest BCUT2D eigenvalue weighted by Crippen LogP contribution is 2.35. The first-order valence-electron chi connectivity index (χ1n) is 11.8. The van der Waals surface area contributed by atoms with Crippen molar-refractivity contribution in [1.82, 2.24) is 14.5 Å². The third-order valence-electron chi connectivity index (χ3n) is 6.52. The minimum absolute atomic E-state index is 0.0974. The zero-order chi connectivity index (χ0) is 22.1. The van der Waals surface area contributed by atoms with E-state index in [4.69, 9.17) is 4.98 Å². The standard InChI is InChI=1S/C24H35N3O2S2/c1-15(2)9-10-27-23(29)21-18-7-5-6-8-19(18)31-22(21)25-24(27)30-14-20(28)26-12-16(3)11-17(4)13-26/h15-17H,5-14H2,1-4H3. The van der Waals surface area contributed by atoms with Gasteiger partial charge in [-0.25, -0.2) is 4.98 Å². The van der Waals surface area contributed by atoms with E-state index in [0.29, 0.717) is 35.2 Å². The number of hydrogen-bond donors (Lipinski definition) is 0. The summed E-state index contributed by atoms with van der Waals surface area (Å²) in [6.07, 6.45) is 6.53. The van der Waals surface area contributed by atoms with Crippen LogP contribution in [-0.4, -0.2) is 39.2 Å². The van der Waals surface area contributed by atoms with Crippen LogP contribution in [0.1, 0.15) is 63.8 Å². The molecule has 170 valence electrons. The third kappa shape index (κ3) is 5.03. The molecule has 5 nitrogen and oxygen atoms in total. The first-order chi connectivity index (χ1) is 14.8. The monoisotopic (exact) mass is 461 g/mol. The molecular formula is C24H35N3O2S2. The van der Waals surface area contributed by atoms with Crippen LogP contribution >= 0.6 is 23.1 Å². The van der Waals surface area contributed by atoms with Crippen molar-refractivity contribution in [2.75, 3.05) is 18.8 Å². The number of fused-ring (bicyclic) bond motifs is 3. The third-order valence-corrected chi connectivity index (χ3v) is 8.66. The lowest BCUT2D eigenvalue weighted by atomic mass is 9.92. The summed E-state index contributed by atoms with van der Waals surface area (Å²) in [5.41, 5.74) is 1.34. The highest BCUT2D eigenvalue weighted by molar-refractivity contribution is 7.99. The van der Waals surface area contributed by atoms with Crippen molar-refractivity contribution in [3.63, 3.8) is 0 Å². The summed E-state index contributed by atoms with van der Waals surface area (Å²) in [6, 6.07) is 0. The predicted octanol–water partition coefficient (Wildman–Crippen LogP) is 4.98. The summed E-state index contributed by atoms with van der Waals surface area (Å²) in [5.74, 6) is 2.13. The molecule has 1 saturated heterocycles. The van der Waals surface area contributed by atoms with E-state index in [9.17, 15) is 9.59 Å². The Balaban J connectivity index is 1.61. The lowest BCUT2D eigenvalue weighted by Gasteiger charge is -2.35. The first-order valence-corrected chi connectivity index (χ1v) is 13.6. The number of rotatable bonds is 6. The zero-order valence-corrected chi connectivity index (χ0v) is 20.9. The largest absolute Gasteiger partial charge is 0.341 e. The van der Waals surface area contributed by atoms with Crippen LogP contribution < -0.4 is 5.56 Å². The second-order valence-corrected chi connectivity index (χ2v) is 12.0. The number of aromatic nitrogens is 2. The van der Waals surface area contributed by atoms with Crippen LogP contribution in [0.4, 0.5) is 0 Å². The van der Waals surface area contributed by atoms with Gasteiger partial charge in [-0.15, -0.1) is 11.3 Å². The molecule has 31 heavy (non-hydrogen) atoms. The van der Waals surface area contributed by atoms with E-state index in [1.54, 1.807) is 11.3 Å². The van der Waals surface area contributed by atoms with Crippen LogP contribution in [0, 0.1) is 17.8 Å². The number of amides is 1. The first kappa shape index (κ1) is 22.8. The number of carbonyl (C=O) groups is 1. The lowest BCUT2D eigenvalue weighted by molar-refractivity contribution is -0.130. The van der Waals surface area contributed by atoms with Gasteiger partial charge in [-0.3, -0.25) is 14.2 Å². The van der Waals surface area contributed by atoms with E-state index in [1.165, 1.54) is 35.0 Å². The van der Waals surface area contributed by atoms with E-state index < -0.39 is 0 Å². The fraction of sp³-hybridized carbons (Fsp3) is 0.708. The summed E-state index contributed by atoms with van der Waals surface area (Å²) >= 11 is 3.14. The van der Waals surface area contributed by atoms with Crippen molar-refractivity contribution in [3.8, 4) is 0 Å². The summed E-state index contributed by atoms with van der Waals surface area (Å²) in [7, 11) is 0. The van der Waals surface area contributed by atoms with Gasteiger partial charge < -0.3 is 4.90 Å². The number of hydrogen-bond acceptors (Lipinski definition) is 5. The van der Waals surface area contributed by atoms with Crippen LogP contribution in [0.25, 0.3) is 10.2 Å². The molecule has 7 heteroatoms. The van der Waals surface area contributed by atoms with Crippen molar-refractivity contribution in [2.24, 2.45) is 17.8 Å². The summed E-state index contributed by atoms with van der Waals surface area (Å²) < 4.78 is 1.85. The van der Waals surface area contributed by atoms with Gasteiger partial charge in [0.1, 0.15) is 4.83 Å². The van der Waals surface area contributed by atoms with Gasteiger partial charge in [0.2, 0.25) is 5.91 Å². The Morgan fingerprint density at radius 3 is 2.61 bits per heavy atom. The summed E-state index contributed by atoms with van der Waals surface area (Å²) in [4.78, 5) is 35.6. The maximum absolute atomic E-state index is 13.5. The number of aryl methyl sites for hydroxylation is 2. The molecule has 1 aliphatic heterocycles. The van der Waals surface area contributed by atoms with E-state index in [0.717, 1.165) is 49.0 Å². The molecule has 1 amide bonds. The molecule has 0 saturated carbocycles. The Morgan fingerprint density at radius 2 is 1.90 bits per heavy atom. The molecule has 2 aliphatic rings. The highest BCUT2D eigenvalue weighted by Gasteiger charge is 2.27. The van der Waals surface area contributed by atoms with E-state index >= 15 is 0 Å². The Kier molecular flexibility index (Phi) is 7.11. The fourth-order valence-corrected chi connectivity index (χ4v) is 7.23. The van der Waals surface area contributed by atoms with Gasteiger partial charge in [0.25, 0.3) is 5.56 Å². The van der Waals surface area contributed by atoms with Crippen LogP contribution in [0.15, 0.2) is 9.95 Å². The van der Waals surface area contributed by atoms with E-state index in [2.05, 4.69) is 27.7 Å². The predicted molar refractivity (Wildman–Crippen MR) is 130 cm³/mol. The fourth-order valence-electron chi connectivity index (χ4n) is 5.00. The molecule has 0 spiro atoms. The van der Waals surface area contributed by atoms with E-state index in [1.807, 2.05) is 9.47 Å². The Morgan fingerprint density at radius 1 is 1.19 bits per heavy atom. The molecule has 2 aromatic rings. The number of nitrogens with zero attached hydrogens (tertiary/aromatic N) is 3. The minimum Gasteiger partial charge on any atom is -0.341 e. The number of likely N-dealkylation sites (tertiary alicyclic amines) is 1. The summed E-state index contributed by atoms with van der Waals surface area (Å²) in [6.45, 7) is 11.2. The van der Waals surface area contributed by atoms with Crippen LogP contribution in [0.5, 0.6) is 0 Å². The number of thioether (sulfide) groups is 1. The van der Waals surface area contributed by atoms with Gasteiger partial charge in [0.15, 0.2) is 5.16 Å². The van der Waals surface area contributed by atoms with Gasteiger partial charge in [-0.1, -0.05) is 39.5 Å². The average molecular weight is 462 g/mol. The maximum atomic E-state index is 13.5. The van der Waals surface area contributed by atoms with Crippen LogP contribution in [0.2, 0.25) is 0 Å². The molecular weight excluding hydrogens is 426 g/mol. The van der Waals surface area contributed by atoms with Gasteiger partial charge >= 0.3 is 0 Å². The quantitative estimate of drug-likeness (QED) is 0.450. The number of carbonyl (C=O) groups excluding carboxylic acids is 1. The molecule has 3 heterocycles. The molecule has 4 rings (SSSR count). The molecule has 0 aromatic carbocycles. The van der Waals surface area contributed by atoms with E-state index in [-0.39, 0.29) is 11.5 Å². The molecule has 1 fully saturated rings. The molecule has 2 aromatic heterocycles. The van der Waals surface area contributed by atoms with Crippen LogP contribution in [0.3, 0.4) is 0 Å². The second kappa shape index (κ2) is 9.65. The van der Waals surface area contributed by atoms with Crippen LogP contribution in [-0.2, 0) is 24.2 Å². The van der Waals surface area contributed by atoms with Gasteiger partial charge in [-0.05, 0) is 61.8 Å². The van der Waals surface area contributed by atoms with Gasteiger partial charge in [0, 0.05) is 24.5 Å². The van der Waals surface area contributed by atoms with Crippen molar-refractivity contribution in [1.29, 1.82) is 0 Å². The topological polar surface area (TPSA) is 55.2 Å². The Labute approximate surface area is 193 Å². The van der Waals surface area contributed by atoms with Crippen molar-refractivity contribution >= 4 is 39.2 Å².